The van der Waals surface area contributed by atoms with Crippen molar-refractivity contribution in [1.82, 2.24) is 8.61 Å². The maximum Gasteiger partial charge on any atom is 0.337 e. The van der Waals surface area contributed by atoms with Crippen LogP contribution < -0.4 is 9.47 Å². The number of carbonyl (C=O) groups is 1. The van der Waals surface area contributed by atoms with Gasteiger partial charge < -0.3 is 23.7 Å². The summed E-state index contributed by atoms with van der Waals surface area (Å²) in [4.78, 5) is 12.4. The van der Waals surface area contributed by atoms with Gasteiger partial charge in [-0.25, -0.2) is 4.79 Å². The topological polar surface area (TPSA) is 104 Å². The summed E-state index contributed by atoms with van der Waals surface area (Å²) in [5.74, 6) is -0.348. The minimum Gasteiger partial charge on any atom is -0.492 e. The molecule has 0 unspecified atom stereocenters. The van der Waals surface area contributed by atoms with Crippen molar-refractivity contribution >= 4 is 16.2 Å². The zero-order chi connectivity index (χ0) is 33.7. The van der Waals surface area contributed by atoms with E-state index in [0.29, 0.717) is 22.6 Å². The lowest BCUT2D eigenvalue weighted by molar-refractivity contribution is -0.156. The van der Waals surface area contributed by atoms with Crippen LogP contribution in [0, 0.1) is 0 Å². The Morgan fingerprint density at radius 3 is 1.65 bits per heavy atom. The molecule has 4 atom stereocenters. The molecule has 11 heteroatoms. The van der Waals surface area contributed by atoms with Crippen molar-refractivity contribution in [2.75, 3.05) is 20.3 Å². The summed E-state index contributed by atoms with van der Waals surface area (Å²) in [6.07, 6.45) is -1.47. The molecule has 0 saturated carbocycles. The quantitative estimate of drug-likeness (QED) is 0.194. The number of para-hydroxylation sites is 2. The van der Waals surface area contributed by atoms with Crippen molar-refractivity contribution < 1.29 is 36.9 Å². The average Bonchev–Trinajstić information content (AvgIpc) is 3.40. The Hall–Kier alpha value is -4.26. The fourth-order valence-corrected chi connectivity index (χ4v) is 8.16. The van der Waals surface area contributed by atoms with Crippen molar-refractivity contribution in [3.8, 4) is 11.5 Å². The van der Waals surface area contributed by atoms with Gasteiger partial charge in [0.25, 0.3) is 10.2 Å². The van der Waals surface area contributed by atoms with E-state index in [1.54, 1.807) is 24.3 Å². The number of benzene rings is 4. The number of hydrogen-bond acceptors (Lipinski definition) is 8. The van der Waals surface area contributed by atoms with E-state index in [-0.39, 0.29) is 26.3 Å². The fourth-order valence-electron chi connectivity index (χ4n) is 6.23. The first-order chi connectivity index (χ1) is 23.1. The first kappa shape index (κ1) is 33.6. The molecule has 2 aliphatic rings. The maximum absolute atomic E-state index is 15.2. The summed E-state index contributed by atoms with van der Waals surface area (Å²) in [6.45, 7) is 3.63. The van der Waals surface area contributed by atoms with E-state index in [0.717, 1.165) is 5.56 Å². The molecule has 4 aromatic rings. The van der Waals surface area contributed by atoms with Crippen molar-refractivity contribution in [3.63, 3.8) is 0 Å². The average molecular weight is 673 g/mol. The van der Waals surface area contributed by atoms with E-state index in [2.05, 4.69) is 0 Å². The van der Waals surface area contributed by atoms with Gasteiger partial charge in [0.1, 0.15) is 36.9 Å². The lowest BCUT2D eigenvalue weighted by Crippen LogP contribution is -2.53. The van der Waals surface area contributed by atoms with Gasteiger partial charge in [0, 0.05) is 13.1 Å². The molecule has 2 heterocycles. The Morgan fingerprint density at radius 2 is 1.15 bits per heavy atom. The van der Waals surface area contributed by atoms with Gasteiger partial charge in [-0.1, -0.05) is 78.9 Å². The molecule has 2 aliphatic heterocycles. The summed E-state index contributed by atoms with van der Waals surface area (Å²) in [5.41, 5.74) is 1.71. The summed E-state index contributed by atoms with van der Waals surface area (Å²) < 4.78 is 63.9. The van der Waals surface area contributed by atoms with E-state index >= 15 is 8.42 Å². The van der Waals surface area contributed by atoms with E-state index in [1.165, 1.54) is 15.7 Å². The number of fused-ring (bicyclic) bond motifs is 1. The number of hydrogen-bond donors (Lipinski definition) is 0. The Bertz CT molecular complexity index is 1770. The van der Waals surface area contributed by atoms with Crippen LogP contribution in [-0.2, 0) is 37.5 Å². The molecule has 0 aliphatic carbocycles. The Balaban J connectivity index is 1.47. The molecule has 2 saturated heterocycles. The summed E-state index contributed by atoms with van der Waals surface area (Å²) >= 11 is 0. The third kappa shape index (κ3) is 7.56. The van der Waals surface area contributed by atoms with Crippen molar-refractivity contribution in [1.29, 1.82) is 0 Å². The molecule has 48 heavy (non-hydrogen) atoms. The molecular weight excluding hydrogens is 632 g/mol. The van der Waals surface area contributed by atoms with Gasteiger partial charge in [0.2, 0.25) is 0 Å². The monoisotopic (exact) mass is 672 g/mol. The van der Waals surface area contributed by atoms with Gasteiger partial charge in [-0.3, -0.25) is 0 Å². The Morgan fingerprint density at radius 1 is 0.688 bits per heavy atom. The number of methoxy groups -OCH3 is 1. The number of carbonyl (C=O) groups excluding carboxylic acids is 1. The van der Waals surface area contributed by atoms with Gasteiger partial charge in [-0.15, -0.1) is 0 Å². The fraction of sp³-hybridized carbons (Fsp3) is 0.324. The van der Waals surface area contributed by atoms with Gasteiger partial charge in [-0.2, -0.15) is 17.0 Å². The highest BCUT2D eigenvalue weighted by atomic mass is 32.2. The smallest absolute Gasteiger partial charge is 0.337 e. The van der Waals surface area contributed by atoms with Gasteiger partial charge >= 0.3 is 5.97 Å². The molecule has 0 amide bonds. The minimum absolute atomic E-state index is 0.00854. The molecule has 0 N–H and O–H groups in total. The molecule has 6 rings (SSSR count). The van der Waals surface area contributed by atoms with E-state index < -0.39 is 46.3 Å². The normalized spacial score (nSPS) is 23.5. The summed E-state index contributed by atoms with van der Waals surface area (Å²) in [5, 5.41) is 0. The largest absolute Gasteiger partial charge is 0.492 e. The van der Waals surface area contributed by atoms with Crippen LogP contribution in [0.4, 0.5) is 0 Å². The number of rotatable bonds is 11. The third-order valence-corrected chi connectivity index (χ3v) is 10.4. The molecule has 2 fully saturated rings. The first-order valence-electron chi connectivity index (χ1n) is 15.9. The third-order valence-electron chi connectivity index (χ3n) is 8.45. The highest BCUT2D eigenvalue weighted by molar-refractivity contribution is 7.86. The molecule has 4 aromatic carbocycles. The van der Waals surface area contributed by atoms with Crippen LogP contribution in [0.25, 0.3) is 0 Å². The van der Waals surface area contributed by atoms with Crippen molar-refractivity contribution in [3.05, 3.63) is 132 Å². The van der Waals surface area contributed by atoms with Gasteiger partial charge in [0.15, 0.2) is 5.79 Å². The molecule has 252 valence electrons. The number of esters is 1. The van der Waals surface area contributed by atoms with E-state index in [1.807, 2.05) is 105 Å². The van der Waals surface area contributed by atoms with Crippen LogP contribution in [0.5, 0.6) is 11.5 Å². The summed E-state index contributed by atoms with van der Waals surface area (Å²) in [7, 11) is -2.98. The second-order valence-electron chi connectivity index (χ2n) is 12.2. The second-order valence-corrected chi connectivity index (χ2v) is 14.1. The Labute approximate surface area is 281 Å². The molecule has 0 aromatic heterocycles. The van der Waals surface area contributed by atoms with Crippen LogP contribution in [0.1, 0.15) is 35.3 Å². The lowest BCUT2D eigenvalue weighted by Gasteiger charge is -2.36. The zero-order valence-electron chi connectivity index (χ0n) is 27.2. The van der Waals surface area contributed by atoms with Crippen molar-refractivity contribution in [2.24, 2.45) is 0 Å². The predicted molar refractivity (Wildman–Crippen MR) is 180 cm³/mol. The molecule has 0 spiro atoms. The first-order valence-corrected chi connectivity index (χ1v) is 17.3. The predicted octanol–water partition coefficient (Wildman–Crippen LogP) is 5.45. The molecule has 0 bridgehead atoms. The highest BCUT2D eigenvalue weighted by Gasteiger charge is 2.58. The Kier molecular flexibility index (Phi) is 10.1. The van der Waals surface area contributed by atoms with E-state index in [9.17, 15) is 4.79 Å². The van der Waals surface area contributed by atoms with Crippen LogP contribution in [-0.4, -0.2) is 73.4 Å². The van der Waals surface area contributed by atoms with Crippen LogP contribution >= 0.6 is 0 Å². The SMILES string of the molecule is COC(=O)c1cccc(CN2[C@H](COc3ccccc3)[C@@H]3OC(C)(C)O[C@H]3[C@@H](COc3ccccc3)N(Cc3ccccc3)S2(=O)=O)c1. The molecule has 10 nitrogen and oxygen atoms in total. The maximum atomic E-state index is 15.2. The second kappa shape index (κ2) is 14.5. The molecular formula is C37H40N2O8S. The van der Waals surface area contributed by atoms with Gasteiger partial charge in [-0.05, 0) is 61.4 Å². The molecule has 0 radical (unpaired) electrons. The standard InChI is InChI=1S/C37H40N2O8S/c1-37(2)46-34-32(25-44-30-18-9-5-10-19-30)38(23-27-14-7-4-8-15-27)48(41,42)39(24-28-16-13-17-29(22-28)36(40)43-3)33(35(34)47-37)26-45-31-20-11-6-12-21-31/h4-22,32-35H,23-26H2,1-3H3/t32-,33-,34+,35+/m1/s1. The summed E-state index contributed by atoms with van der Waals surface area (Å²) in [6, 6.07) is 33.1. The van der Waals surface area contributed by atoms with Gasteiger partial charge in [0.05, 0.1) is 24.8 Å². The minimum atomic E-state index is -4.29. The highest BCUT2D eigenvalue weighted by Crippen LogP contribution is 2.41. The van der Waals surface area contributed by atoms with Crippen LogP contribution in [0.2, 0.25) is 0 Å². The van der Waals surface area contributed by atoms with E-state index in [4.69, 9.17) is 23.7 Å². The van der Waals surface area contributed by atoms with Crippen LogP contribution in [0.15, 0.2) is 115 Å². The zero-order valence-corrected chi connectivity index (χ0v) is 28.0. The number of ether oxygens (including phenoxy) is 5. The number of nitrogens with zero attached hydrogens (tertiary/aromatic N) is 2. The van der Waals surface area contributed by atoms with Crippen LogP contribution in [0.3, 0.4) is 0 Å². The lowest BCUT2D eigenvalue weighted by atomic mass is 9.99. The van der Waals surface area contributed by atoms with Crippen molar-refractivity contribution in [2.45, 2.75) is 57.0 Å².